The molecule has 0 rings (SSSR count). The van der Waals surface area contributed by atoms with Crippen LogP contribution in [-0.4, -0.2) is 5.91 Å². The highest BCUT2D eigenvalue weighted by molar-refractivity contribution is 8.11. The zero-order chi connectivity index (χ0) is 7.49. The molecular weight excluding hydrogens is 157 g/mol. The Morgan fingerprint density at radius 3 is 2.33 bits per heavy atom. The number of nitrogens with two attached hydrogens (primary N) is 2. The van der Waals surface area contributed by atoms with Gasteiger partial charge >= 0.3 is 0 Å². The molecule has 6 heteroatoms. The van der Waals surface area contributed by atoms with Gasteiger partial charge in [-0.15, -0.1) is 0 Å². The summed E-state index contributed by atoms with van der Waals surface area (Å²) in [5.41, 5.74) is 10.4. The number of hydrogen-bond acceptors (Lipinski definition) is 2. The van der Waals surface area contributed by atoms with E-state index < -0.39 is 6.49 Å². The average Bonchev–Trinajstić information content (AvgIpc) is 1.62. The molecule has 0 fully saturated rings. The Balaban J connectivity index is 3.75. The second kappa shape index (κ2) is 3.27. The molecule has 9 heavy (non-hydrogen) atoms. The van der Waals surface area contributed by atoms with Gasteiger partial charge in [-0.3, -0.25) is 15.8 Å². The highest BCUT2D eigenvalue weighted by Crippen LogP contribution is 2.17. The summed E-state index contributed by atoms with van der Waals surface area (Å²) in [4.78, 5) is 10.5. The molecule has 0 unspecified atom stereocenters. The first-order valence-corrected chi connectivity index (χ1v) is 5.38. The van der Waals surface area contributed by atoms with Gasteiger partial charge in [-0.05, 0) is 11.8 Å². The molecule has 54 valence electrons. The third-order valence-corrected chi connectivity index (χ3v) is 1.49. The average molecular weight is 167 g/mol. The van der Waals surface area contributed by atoms with Gasteiger partial charge < -0.3 is 5.09 Å². The van der Waals surface area contributed by atoms with Crippen molar-refractivity contribution in [2.75, 3.05) is 0 Å². The molecule has 0 aliphatic rings. The van der Waals surface area contributed by atoms with E-state index in [-0.39, 0.29) is 5.91 Å². The van der Waals surface area contributed by atoms with Crippen LogP contribution in [0.25, 0.3) is 0 Å². The summed E-state index contributed by atoms with van der Waals surface area (Å²) < 4.78 is 0. The summed E-state index contributed by atoms with van der Waals surface area (Å²) in [6.45, 7) is -0.796. The standard InChI is InChI=1S/C3H10N3OPS/c1-2-3(7)6-8(4,5)9/h2H2,1H3,(H5,4,5,6,7,9). The second-order valence-electron chi connectivity index (χ2n) is 1.60. The smallest absolute Gasteiger partial charge is 0.225 e. The van der Waals surface area contributed by atoms with Crippen LogP contribution < -0.4 is 16.1 Å². The molecule has 0 aromatic rings. The number of rotatable bonds is 2. The highest BCUT2D eigenvalue weighted by Gasteiger charge is 2.04. The van der Waals surface area contributed by atoms with Crippen LogP contribution in [0.5, 0.6) is 0 Å². The molecular formula is C3H10N3OPS. The predicted octanol–water partition coefficient (Wildman–Crippen LogP) is -0.346. The summed E-state index contributed by atoms with van der Waals surface area (Å²) in [5, 5.41) is 2.31. The van der Waals surface area contributed by atoms with Crippen molar-refractivity contribution in [1.29, 1.82) is 0 Å². The van der Waals surface area contributed by atoms with E-state index in [1.807, 2.05) is 0 Å². The summed E-state index contributed by atoms with van der Waals surface area (Å²) in [6.07, 6.45) is 0.368. The molecule has 0 atom stereocenters. The maximum atomic E-state index is 10.5. The molecule has 0 heterocycles. The molecule has 0 aliphatic carbocycles. The molecule has 0 aromatic heterocycles. The molecule has 0 saturated carbocycles. The van der Waals surface area contributed by atoms with Crippen molar-refractivity contribution in [2.24, 2.45) is 11.0 Å². The topological polar surface area (TPSA) is 81.1 Å². The van der Waals surface area contributed by atoms with Gasteiger partial charge in [0.1, 0.15) is 0 Å². The maximum absolute atomic E-state index is 10.5. The first kappa shape index (κ1) is 9.04. The lowest BCUT2D eigenvalue weighted by molar-refractivity contribution is -0.119. The van der Waals surface area contributed by atoms with E-state index in [1.54, 1.807) is 6.92 Å². The number of carbonyl (C=O) groups excluding carboxylic acids is 1. The van der Waals surface area contributed by atoms with Crippen molar-refractivity contribution < 1.29 is 4.79 Å². The monoisotopic (exact) mass is 167 g/mol. The van der Waals surface area contributed by atoms with E-state index in [0.717, 1.165) is 0 Å². The molecule has 0 spiro atoms. The van der Waals surface area contributed by atoms with E-state index >= 15 is 0 Å². The Hall–Kier alpha value is 0.0400. The number of amides is 1. The first-order chi connectivity index (χ1) is 3.95. The summed E-state index contributed by atoms with van der Waals surface area (Å²) in [7, 11) is 0. The van der Waals surface area contributed by atoms with Crippen LogP contribution in [0.2, 0.25) is 0 Å². The summed E-state index contributed by atoms with van der Waals surface area (Å²) >= 11 is 4.56. The van der Waals surface area contributed by atoms with Crippen LogP contribution in [0.4, 0.5) is 0 Å². The van der Waals surface area contributed by atoms with Crippen molar-refractivity contribution in [2.45, 2.75) is 13.3 Å². The third kappa shape index (κ3) is 5.92. The van der Waals surface area contributed by atoms with E-state index in [4.69, 9.17) is 11.0 Å². The van der Waals surface area contributed by atoms with Gasteiger partial charge in [0.15, 0.2) is 6.49 Å². The lowest BCUT2D eigenvalue weighted by Crippen LogP contribution is -2.27. The number of nitrogens with one attached hydrogen (secondary N) is 1. The van der Waals surface area contributed by atoms with Crippen molar-refractivity contribution in [1.82, 2.24) is 5.09 Å². The Morgan fingerprint density at radius 1 is 1.78 bits per heavy atom. The zero-order valence-corrected chi connectivity index (χ0v) is 6.84. The SMILES string of the molecule is CCC(=O)NP(N)(N)=S. The minimum atomic E-state index is -2.50. The van der Waals surface area contributed by atoms with Crippen molar-refractivity contribution in [3.63, 3.8) is 0 Å². The van der Waals surface area contributed by atoms with E-state index in [9.17, 15) is 4.79 Å². The molecule has 0 aromatic carbocycles. The Kier molecular flexibility index (Phi) is 3.28. The molecule has 5 N–H and O–H groups in total. The van der Waals surface area contributed by atoms with Gasteiger partial charge in [-0.1, -0.05) is 6.92 Å². The van der Waals surface area contributed by atoms with Gasteiger partial charge in [0.05, 0.1) is 0 Å². The van der Waals surface area contributed by atoms with Crippen LogP contribution in [0.3, 0.4) is 0 Å². The van der Waals surface area contributed by atoms with Crippen molar-refractivity contribution >= 4 is 24.2 Å². The van der Waals surface area contributed by atoms with Crippen LogP contribution >= 0.6 is 6.49 Å². The van der Waals surface area contributed by atoms with Crippen LogP contribution in [-0.2, 0) is 16.6 Å². The van der Waals surface area contributed by atoms with Crippen LogP contribution in [0.1, 0.15) is 13.3 Å². The summed E-state index contributed by atoms with van der Waals surface area (Å²) in [6, 6.07) is 0. The van der Waals surface area contributed by atoms with Gasteiger partial charge in [-0.2, -0.15) is 0 Å². The maximum Gasteiger partial charge on any atom is 0.225 e. The Morgan fingerprint density at radius 2 is 2.22 bits per heavy atom. The molecule has 0 aliphatic heterocycles. The molecule has 0 radical (unpaired) electrons. The van der Waals surface area contributed by atoms with Crippen molar-refractivity contribution in [3.05, 3.63) is 0 Å². The fourth-order valence-electron chi connectivity index (χ4n) is 0.274. The molecule has 0 saturated heterocycles. The van der Waals surface area contributed by atoms with Gasteiger partial charge in [0.25, 0.3) is 0 Å². The minimum Gasteiger partial charge on any atom is -0.306 e. The van der Waals surface area contributed by atoms with Crippen LogP contribution in [0, 0.1) is 0 Å². The van der Waals surface area contributed by atoms with E-state index in [0.29, 0.717) is 6.42 Å². The molecule has 1 amide bonds. The number of hydrogen-bond donors (Lipinski definition) is 3. The van der Waals surface area contributed by atoms with Gasteiger partial charge in [0.2, 0.25) is 5.91 Å². The van der Waals surface area contributed by atoms with Gasteiger partial charge in [0, 0.05) is 6.42 Å². The lowest BCUT2D eigenvalue weighted by Gasteiger charge is -2.10. The molecule has 0 bridgehead atoms. The fourth-order valence-corrected chi connectivity index (χ4v) is 1.13. The minimum absolute atomic E-state index is 0.191. The number of carbonyl (C=O) groups is 1. The second-order valence-corrected chi connectivity index (χ2v) is 5.05. The zero-order valence-electron chi connectivity index (χ0n) is 5.13. The predicted molar refractivity (Wildman–Crippen MR) is 41.1 cm³/mol. The Bertz CT molecular complexity index is 153. The van der Waals surface area contributed by atoms with E-state index in [1.165, 1.54) is 0 Å². The highest BCUT2D eigenvalue weighted by atomic mass is 32.4. The van der Waals surface area contributed by atoms with Crippen LogP contribution in [0.15, 0.2) is 0 Å². The van der Waals surface area contributed by atoms with Gasteiger partial charge in [-0.25, -0.2) is 0 Å². The third-order valence-electron chi connectivity index (χ3n) is 0.621. The Labute approximate surface area is 59.1 Å². The lowest BCUT2D eigenvalue weighted by atomic mass is 10.5. The fraction of sp³-hybridized carbons (Fsp3) is 0.667. The van der Waals surface area contributed by atoms with Crippen molar-refractivity contribution in [3.8, 4) is 0 Å². The quantitative estimate of drug-likeness (QED) is 0.491. The molecule has 4 nitrogen and oxygen atoms in total. The first-order valence-electron chi connectivity index (χ1n) is 2.44. The summed E-state index contributed by atoms with van der Waals surface area (Å²) in [5.74, 6) is -0.191. The normalized spacial score (nSPS) is 11.0. The van der Waals surface area contributed by atoms with E-state index in [2.05, 4.69) is 16.9 Å². The largest absolute Gasteiger partial charge is 0.306 e.